The monoisotopic (exact) mass is 854 g/mol. The minimum Gasteiger partial charge on any atom is -0.245 e. The minimum absolute atomic E-state index is 0.0951. The zero-order valence-corrected chi connectivity index (χ0v) is 37.3. The fourth-order valence-corrected chi connectivity index (χ4v) is 9.37. The van der Waals surface area contributed by atoms with E-state index in [2.05, 4.69) is 250 Å². The van der Waals surface area contributed by atoms with Gasteiger partial charge in [-0.05, 0) is 115 Å². The molecule has 2 heterocycles. The van der Waals surface area contributed by atoms with E-state index in [-0.39, 0.29) is 5.92 Å². The summed E-state index contributed by atoms with van der Waals surface area (Å²) in [7, 11) is 0. The van der Waals surface area contributed by atoms with Crippen molar-refractivity contribution in [2.24, 2.45) is 5.92 Å². The molecule has 10 aromatic rings. The van der Waals surface area contributed by atoms with Gasteiger partial charge in [0, 0.05) is 21.9 Å². The van der Waals surface area contributed by atoms with Crippen LogP contribution >= 0.6 is 0 Å². The van der Waals surface area contributed by atoms with Crippen LogP contribution in [0.25, 0.3) is 93.7 Å². The summed E-state index contributed by atoms with van der Waals surface area (Å²) in [5.41, 5.74) is 16.3. The zero-order valence-electron chi connectivity index (χ0n) is 37.3. The van der Waals surface area contributed by atoms with E-state index in [1.54, 1.807) is 0 Å². The Morgan fingerprint density at radius 2 is 1.10 bits per heavy atom. The van der Waals surface area contributed by atoms with E-state index in [9.17, 15) is 0 Å². The first-order valence-electron chi connectivity index (χ1n) is 22.9. The first kappa shape index (κ1) is 41.1. The average Bonchev–Trinajstić information content (AvgIpc) is 3.40. The van der Waals surface area contributed by atoms with E-state index in [1.165, 1.54) is 38.2 Å². The van der Waals surface area contributed by atoms with Crippen LogP contribution < -0.4 is 0 Å². The van der Waals surface area contributed by atoms with Crippen LogP contribution in [0.4, 0.5) is 0 Å². The van der Waals surface area contributed by atoms with Gasteiger partial charge in [0.05, 0.1) is 28.3 Å². The van der Waals surface area contributed by atoms with Crippen LogP contribution in [0.2, 0.25) is 0 Å². The highest BCUT2D eigenvalue weighted by Gasteiger charge is 2.13. The zero-order chi connectivity index (χ0) is 45.1. The number of allylic oxidation sites excluding steroid dienone is 10. The topological polar surface area (TPSA) is 25.8 Å². The maximum absolute atomic E-state index is 6.08. The van der Waals surface area contributed by atoms with Gasteiger partial charge in [-0.25, -0.2) is 9.97 Å². The van der Waals surface area contributed by atoms with Crippen molar-refractivity contribution in [3.63, 3.8) is 0 Å². The van der Waals surface area contributed by atoms with E-state index in [0.29, 0.717) is 0 Å². The van der Waals surface area contributed by atoms with Crippen LogP contribution in [0.5, 0.6) is 0 Å². The number of rotatable bonds is 9. The Morgan fingerprint density at radius 1 is 0.537 bits per heavy atom. The normalized spacial score (nSPS) is 14.6. The SMILES string of the molecule is C#CC1C=C(/C=C\Cc2cccc3ccccc23)C=C/C1=C/C=C(\C)c1cccc(-c2cccc(-c3cccc(-c4ccc5ccc6ccc(-c7cccc8ccccc78)nc6c5n4)c3)c2)c1. The largest absolute Gasteiger partial charge is 0.245 e. The molecule has 0 aliphatic heterocycles. The molecule has 8 aromatic carbocycles. The number of fused-ring (bicyclic) bond motifs is 5. The molecule has 0 N–H and O–H groups in total. The summed E-state index contributed by atoms with van der Waals surface area (Å²) in [6, 6.07) is 69.1. The number of hydrogen-bond donors (Lipinski definition) is 0. The molecule has 1 unspecified atom stereocenters. The van der Waals surface area contributed by atoms with Crippen LogP contribution in [0.15, 0.2) is 248 Å². The highest BCUT2D eigenvalue weighted by atomic mass is 14.8. The standard InChI is InChI=1S/C65H46N2/c1-3-46-40-45(14-8-17-49-19-9-18-48-15-4-6-27-59(48)49)31-33-47(46)32-30-44(2)53-21-10-22-54(41-53)55-23-11-24-56(42-55)57-25-12-26-58(43-57)62-38-36-51-34-35-52-37-39-63(67-65(52)64(51)66-62)61-29-13-20-50-16-5-7-28-60(50)61/h1,4-16,18-43,46H,17H2,2H3/b14-8-,44-30+,47-32-. The van der Waals surface area contributed by atoms with Crippen molar-refractivity contribution < 1.29 is 0 Å². The van der Waals surface area contributed by atoms with E-state index < -0.39 is 0 Å². The molecule has 2 heteroatoms. The maximum atomic E-state index is 6.08. The van der Waals surface area contributed by atoms with Crippen molar-refractivity contribution >= 4 is 48.9 Å². The Kier molecular flexibility index (Phi) is 11.1. The molecule has 0 spiro atoms. The van der Waals surface area contributed by atoms with Crippen LogP contribution in [0, 0.1) is 18.3 Å². The second kappa shape index (κ2) is 18.1. The van der Waals surface area contributed by atoms with Crippen molar-refractivity contribution in [2.75, 3.05) is 0 Å². The van der Waals surface area contributed by atoms with Gasteiger partial charge in [0.1, 0.15) is 0 Å². The smallest absolute Gasteiger partial charge is 0.0972 e. The minimum atomic E-state index is -0.0951. The molecule has 67 heavy (non-hydrogen) atoms. The third kappa shape index (κ3) is 8.44. The summed E-state index contributed by atoms with van der Waals surface area (Å²) in [5, 5.41) is 7.10. The van der Waals surface area contributed by atoms with E-state index in [4.69, 9.17) is 16.4 Å². The quantitative estimate of drug-likeness (QED) is 0.107. The lowest BCUT2D eigenvalue weighted by atomic mass is 9.90. The van der Waals surface area contributed by atoms with Gasteiger partial charge in [-0.15, -0.1) is 6.42 Å². The van der Waals surface area contributed by atoms with E-state index >= 15 is 0 Å². The van der Waals surface area contributed by atoms with Gasteiger partial charge >= 0.3 is 0 Å². The number of nitrogens with zero attached hydrogens (tertiary/aromatic N) is 2. The molecule has 0 radical (unpaired) electrons. The summed E-state index contributed by atoms with van der Waals surface area (Å²) < 4.78 is 0. The molecule has 0 fully saturated rings. The van der Waals surface area contributed by atoms with Crippen molar-refractivity contribution in [2.45, 2.75) is 13.3 Å². The molecule has 0 saturated heterocycles. The Bertz CT molecular complexity index is 3750. The number of pyridine rings is 2. The molecule has 1 atom stereocenters. The number of benzene rings is 8. The van der Waals surface area contributed by atoms with Crippen molar-refractivity contribution in [3.8, 4) is 57.1 Å². The predicted octanol–water partition coefficient (Wildman–Crippen LogP) is 16.6. The highest BCUT2D eigenvalue weighted by Crippen LogP contribution is 2.34. The molecule has 1 aliphatic carbocycles. The van der Waals surface area contributed by atoms with Crippen LogP contribution in [-0.2, 0) is 6.42 Å². The molecular formula is C65H46N2. The molecule has 0 bridgehead atoms. The average molecular weight is 855 g/mol. The summed E-state index contributed by atoms with van der Waals surface area (Å²) >= 11 is 0. The van der Waals surface area contributed by atoms with Gasteiger partial charge in [0.25, 0.3) is 0 Å². The van der Waals surface area contributed by atoms with Gasteiger partial charge < -0.3 is 0 Å². The van der Waals surface area contributed by atoms with Crippen LogP contribution in [0.1, 0.15) is 18.1 Å². The second-order valence-corrected chi connectivity index (χ2v) is 17.3. The second-order valence-electron chi connectivity index (χ2n) is 17.3. The molecule has 1 aliphatic rings. The molecule has 11 rings (SSSR count). The lowest BCUT2D eigenvalue weighted by Crippen LogP contribution is -2.01. The molecule has 0 amide bonds. The Hall–Kier alpha value is -8.64. The number of hydrogen-bond acceptors (Lipinski definition) is 2. The number of aromatic nitrogens is 2. The summed E-state index contributed by atoms with van der Waals surface area (Å²) in [5.74, 6) is 2.91. The third-order valence-corrected chi connectivity index (χ3v) is 13.0. The highest BCUT2D eigenvalue weighted by molar-refractivity contribution is 6.05. The predicted molar refractivity (Wildman–Crippen MR) is 284 cm³/mol. The Balaban J connectivity index is 0.822. The van der Waals surface area contributed by atoms with Crippen LogP contribution in [0.3, 0.4) is 0 Å². The molecular weight excluding hydrogens is 809 g/mol. The van der Waals surface area contributed by atoms with Gasteiger partial charge in [-0.1, -0.05) is 212 Å². The van der Waals surface area contributed by atoms with Gasteiger partial charge in [0.15, 0.2) is 0 Å². The first-order chi connectivity index (χ1) is 33.0. The van der Waals surface area contributed by atoms with E-state index in [1.807, 2.05) is 0 Å². The number of terminal acetylenes is 1. The lowest BCUT2D eigenvalue weighted by molar-refractivity contribution is 1.02. The molecule has 2 aromatic heterocycles. The third-order valence-electron chi connectivity index (χ3n) is 13.0. The van der Waals surface area contributed by atoms with Crippen molar-refractivity contribution in [3.05, 3.63) is 259 Å². The van der Waals surface area contributed by atoms with Gasteiger partial charge in [0.2, 0.25) is 0 Å². The summed E-state index contributed by atoms with van der Waals surface area (Å²) in [6.45, 7) is 2.16. The van der Waals surface area contributed by atoms with Crippen molar-refractivity contribution in [1.29, 1.82) is 0 Å². The van der Waals surface area contributed by atoms with Crippen molar-refractivity contribution in [1.82, 2.24) is 9.97 Å². The maximum Gasteiger partial charge on any atom is 0.0972 e. The molecule has 2 nitrogen and oxygen atoms in total. The Morgan fingerprint density at radius 3 is 1.85 bits per heavy atom. The van der Waals surface area contributed by atoms with Gasteiger partial charge in [-0.2, -0.15) is 0 Å². The first-order valence-corrected chi connectivity index (χ1v) is 22.9. The summed E-state index contributed by atoms with van der Waals surface area (Å²) in [6.07, 6.45) is 22.2. The fraction of sp³-hybridized carbons (Fsp3) is 0.0462. The van der Waals surface area contributed by atoms with Gasteiger partial charge in [-0.3, -0.25) is 0 Å². The fourth-order valence-electron chi connectivity index (χ4n) is 9.37. The molecule has 316 valence electrons. The van der Waals surface area contributed by atoms with E-state index in [0.717, 1.165) is 84.1 Å². The van der Waals surface area contributed by atoms with Crippen LogP contribution in [-0.4, -0.2) is 9.97 Å². The summed E-state index contributed by atoms with van der Waals surface area (Å²) in [4.78, 5) is 10.5. The Labute approximate surface area is 392 Å². The molecule has 0 saturated carbocycles. The lowest BCUT2D eigenvalue weighted by Gasteiger charge is -2.14.